The second kappa shape index (κ2) is 13.5. The number of hydrogen-bond acceptors (Lipinski definition) is 6. The molecule has 0 bridgehead atoms. The molecule has 11 heteroatoms. The van der Waals surface area contributed by atoms with Crippen LogP contribution in [0.25, 0.3) is 10.8 Å². The van der Waals surface area contributed by atoms with Gasteiger partial charge in [0.2, 0.25) is 5.91 Å². The van der Waals surface area contributed by atoms with Crippen LogP contribution in [0.3, 0.4) is 0 Å². The molecule has 6 rings (SSSR count). The summed E-state index contributed by atoms with van der Waals surface area (Å²) >= 11 is 0. The normalized spacial score (nSPS) is 16.4. The highest BCUT2D eigenvalue weighted by atomic mass is 16.5. The molecular weight excluding hydrogens is 624 g/mol. The minimum Gasteiger partial charge on any atom is -0.497 e. The quantitative estimate of drug-likeness (QED) is 0.160. The van der Waals surface area contributed by atoms with Crippen molar-refractivity contribution in [2.24, 2.45) is 0 Å². The van der Waals surface area contributed by atoms with Gasteiger partial charge < -0.3 is 30.4 Å². The Hall–Kier alpha value is -6.23. The van der Waals surface area contributed by atoms with Crippen molar-refractivity contribution in [1.82, 2.24) is 9.88 Å². The summed E-state index contributed by atoms with van der Waals surface area (Å²) in [6.45, 7) is 2.00. The van der Waals surface area contributed by atoms with E-state index < -0.39 is 34.8 Å². The number of ether oxygens (including phenoxy) is 1. The largest absolute Gasteiger partial charge is 0.497 e. The highest BCUT2D eigenvalue weighted by Gasteiger charge is 2.61. The van der Waals surface area contributed by atoms with E-state index in [0.717, 1.165) is 21.9 Å². The van der Waals surface area contributed by atoms with Gasteiger partial charge in [0.15, 0.2) is 0 Å². The van der Waals surface area contributed by atoms with Gasteiger partial charge in [-0.1, -0.05) is 66.7 Å². The van der Waals surface area contributed by atoms with E-state index in [1.54, 1.807) is 38.4 Å². The van der Waals surface area contributed by atoms with Gasteiger partial charge in [-0.05, 0) is 76.7 Å². The number of carbonyl (C=O) groups is 4. The first kappa shape index (κ1) is 32.7. The number of carboxylic acids is 1. The lowest BCUT2D eigenvalue weighted by atomic mass is 10.0. The van der Waals surface area contributed by atoms with Crippen molar-refractivity contribution in [3.63, 3.8) is 0 Å². The molecule has 0 aliphatic heterocycles. The molecular formula is C38H34N4O7. The zero-order chi connectivity index (χ0) is 34.7. The molecule has 0 spiro atoms. The average molecular weight is 659 g/mol. The molecule has 4 N–H and O–H groups in total. The van der Waals surface area contributed by atoms with Gasteiger partial charge in [0.1, 0.15) is 17.0 Å². The Balaban J connectivity index is 1.28. The first-order chi connectivity index (χ1) is 23.6. The molecule has 0 saturated heterocycles. The van der Waals surface area contributed by atoms with Crippen LogP contribution in [0, 0.1) is 6.92 Å². The number of carbonyl (C=O) groups excluding carboxylic acids is 3. The average Bonchev–Trinajstić information content (AvgIpc) is 3.83. The highest BCUT2D eigenvalue weighted by molar-refractivity contribution is 6.36. The monoisotopic (exact) mass is 658 g/mol. The van der Waals surface area contributed by atoms with Crippen LogP contribution < -0.4 is 26.2 Å². The van der Waals surface area contributed by atoms with Crippen molar-refractivity contribution in [2.45, 2.75) is 37.8 Å². The number of hydrogen-bond donors (Lipinski definition) is 4. The number of fused-ring (bicyclic) bond motifs is 1. The zero-order valence-corrected chi connectivity index (χ0v) is 26.9. The van der Waals surface area contributed by atoms with E-state index >= 15 is 0 Å². The number of amides is 3. The van der Waals surface area contributed by atoms with Gasteiger partial charge in [0.25, 0.3) is 11.5 Å². The van der Waals surface area contributed by atoms with Crippen LogP contribution >= 0.6 is 0 Å². The molecule has 2 atom stereocenters. The number of carboxylic acid groups (broad SMARTS) is 1. The van der Waals surface area contributed by atoms with E-state index in [0.29, 0.717) is 16.9 Å². The van der Waals surface area contributed by atoms with Gasteiger partial charge in [-0.15, -0.1) is 0 Å². The van der Waals surface area contributed by atoms with Crippen LogP contribution in [0.5, 0.6) is 5.75 Å². The van der Waals surface area contributed by atoms with Crippen molar-refractivity contribution in [3.05, 3.63) is 136 Å². The fourth-order valence-electron chi connectivity index (χ4n) is 6.10. The molecule has 1 aliphatic rings. The second-order valence-electron chi connectivity index (χ2n) is 12.1. The van der Waals surface area contributed by atoms with Gasteiger partial charge in [-0.3, -0.25) is 19.2 Å². The number of nitrogens with one attached hydrogen (secondary N) is 3. The summed E-state index contributed by atoms with van der Waals surface area (Å²) in [7, 11) is 1.58. The van der Waals surface area contributed by atoms with Crippen LogP contribution in [-0.4, -0.2) is 46.0 Å². The van der Waals surface area contributed by atoms with E-state index in [4.69, 9.17) is 9.84 Å². The number of rotatable bonds is 10. The van der Waals surface area contributed by atoms with Crippen LogP contribution in [0.4, 0.5) is 11.4 Å². The van der Waals surface area contributed by atoms with Crippen LogP contribution in [0.2, 0.25) is 0 Å². The molecule has 1 heterocycles. The Morgan fingerprint density at radius 1 is 0.898 bits per heavy atom. The highest BCUT2D eigenvalue weighted by Crippen LogP contribution is 2.52. The summed E-state index contributed by atoms with van der Waals surface area (Å²) in [6.07, 6.45) is 1.96. The van der Waals surface area contributed by atoms with Crippen molar-refractivity contribution in [2.75, 3.05) is 17.7 Å². The SMILES string of the molecule is COc1ccc(Cn2ccc(C)c(NC(=O)C3(NC(=O)Cc4cccc5ccccc45)CC3c3ccc(NC(=O)C(=O)O)cc3)c2=O)cc1. The molecule has 49 heavy (non-hydrogen) atoms. The molecule has 1 aliphatic carbocycles. The van der Waals surface area contributed by atoms with E-state index in [9.17, 15) is 24.0 Å². The second-order valence-corrected chi connectivity index (χ2v) is 12.1. The number of anilines is 2. The van der Waals surface area contributed by atoms with Crippen LogP contribution in [0.15, 0.2) is 108 Å². The maximum Gasteiger partial charge on any atom is 0.394 e. The third-order valence-corrected chi connectivity index (χ3v) is 8.85. The lowest BCUT2D eigenvalue weighted by Crippen LogP contribution is -2.48. The van der Waals surface area contributed by atoms with Crippen molar-refractivity contribution < 1.29 is 29.0 Å². The summed E-state index contributed by atoms with van der Waals surface area (Å²) in [5.41, 5.74) is 1.55. The van der Waals surface area contributed by atoms with Crippen molar-refractivity contribution in [1.29, 1.82) is 0 Å². The smallest absolute Gasteiger partial charge is 0.394 e. The van der Waals surface area contributed by atoms with Gasteiger partial charge in [-0.25, -0.2) is 4.79 Å². The summed E-state index contributed by atoms with van der Waals surface area (Å²) < 4.78 is 6.73. The van der Waals surface area contributed by atoms with Crippen molar-refractivity contribution in [3.8, 4) is 5.75 Å². The Bertz CT molecular complexity index is 2140. The molecule has 3 amide bonds. The number of aromatic nitrogens is 1. The van der Waals surface area contributed by atoms with Gasteiger partial charge >= 0.3 is 11.9 Å². The first-order valence-corrected chi connectivity index (χ1v) is 15.6. The Morgan fingerprint density at radius 2 is 1.61 bits per heavy atom. The Morgan fingerprint density at radius 3 is 2.33 bits per heavy atom. The third kappa shape index (κ3) is 6.91. The third-order valence-electron chi connectivity index (χ3n) is 8.85. The molecule has 11 nitrogen and oxygen atoms in total. The number of benzene rings is 4. The number of aryl methyl sites for hydroxylation is 1. The van der Waals surface area contributed by atoms with E-state index in [2.05, 4.69) is 16.0 Å². The molecule has 1 saturated carbocycles. The summed E-state index contributed by atoms with van der Waals surface area (Å²) in [5, 5.41) is 19.0. The lowest BCUT2D eigenvalue weighted by Gasteiger charge is -2.21. The van der Waals surface area contributed by atoms with E-state index in [-0.39, 0.29) is 36.7 Å². The van der Waals surface area contributed by atoms with Gasteiger partial charge in [0, 0.05) is 17.8 Å². The fraction of sp³-hybridized carbons (Fsp3) is 0.184. The van der Waals surface area contributed by atoms with Gasteiger partial charge in [-0.2, -0.15) is 0 Å². The maximum atomic E-state index is 14.2. The Labute approximate surface area is 281 Å². The topological polar surface area (TPSA) is 156 Å². The minimum absolute atomic E-state index is 0.0301. The standard InChI is InChI=1S/C38H34N4O7/c1-23-18-19-42(22-24-10-16-29(49-2)17-11-24)35(45)33(23)40-37(48)38(21-31(38)26-12-14-28(15-13-26)39-34(44)36(46)47)41-32(43)20-27-8-5-7-25-6-3-4-9-30(25)27/h3-19,31H,20-22H2,1-2H3,(H,39,44)(H,40,48)(H,41,43)(H,46,47). The Kier molecular flexibility index (Phi) is 9.00. The maximum absolute atomic E-state index is 14.2. The lowest BCUT2D eigenvalue weighted by molar-refractivity contribution is -0.147. The van der Waals surface area contributed by atoms with Crippen LogP contribution in [0.1, 0.15) is 34.6 Å². The number of methoxy groups -OCH3 is 1. The molecule has 1 fully saturated rings. The number of nitrogens with zero attached hydrogens (tertiary/aromatic N) is 1. The van der Waals surface area contributed by atoms with Crippen molar-refractivity contribution >= 4 is 45.8 Å². The summed E-state index contributed by atoms with van der Waals surface area (Å²) in [5.74, 6) is -3.45. The van der Waals surface area contributed by atoms with E-state index in [1.165, 1.54) is 16.7 Å². The van der Waals surface area contributed by atoms with E-state index in [1.807, 2.05) is 66.7 Å². The predicted molar refractivity (Wildman–Crippen MR) is 185 cm³/mol. The molecule has 0 radical (unpaired) electrons. The molecule has 4 aromatic carbocycles. The molecule has 1 aromatic heterocycles. The molecule has 248 valence electrons. The minimum atomic E-state index is -1.62. The van der Waals surface area contributed by atoms with Gasteiger partial charge in [0.05, 0.1) is 20.1 Å². The zero-order valence-electron chi connectivity index (χ0n) is 26.9. The molecule has 2 unspecified atom stereocenters. The number of aliphatic carboxylic acids is 1. The number of pyridine rings is 1. The summed E-state index contributed by atoms with van der Waals surface area (Å²) in [6, 6.07) is 29.0. The predicted octanol–water partition coefficient (Wildman–Crippen LogP) is 4.61. The van der Waals surface area contributed by atoms with Crippen LogP contribution in [-0.2, 0) is 32.1 Å². The fourth-order valence-corrected chi connectivity index (χ4v) is 6.10. The molecule has 5 aromatic rings. The first-order valence-electron chi connectivity index (χ1n) is 15.6. The summed E-state index contributed by atoms with van der Waals surface area (Å²) in [4.78, 5) is 64.1.